The Kier molecular flexibility index (Phi) is 4.82. The first kappa shape index (κ1) is 18.8. The molecule has 3 N–H and O–H groups in total. The van der Waals surface area contributed by atoms with E-state index in [0.29, 0.717) is 28.0 Å². The minimum absolute atomic E-state index is 0.184. The normalized spacial score (nSPS) is 12.1. The number of nitrogens with zero attached hydrogens (tertiary/aromatic N) is 2. The molecule has 6 nitrogen and oxygen atoms in total. The summed E-state index contributed by atoms with van der Waals surface area (Å²) in [6.45, 7) is 3.48. The molecule has 0 spiro atoms. The van der Waals surface area contributed by atoms with Crippen LogP contribution in [0.5, 0.6) is 0 Å². The Morgan fingerprint density at radius 3 is 2.79 bits per heavy atom. The van der Waals surface area contributed by atoms with Crippen LogP contribution in [-0.2, 0) is 0 Å². The van der Waals surface area contributed by atoms with Gasteiger partial charge < -0.3 is 15.4 Å². The fraction of sp³-hybridized carbons (Fsp3) is 0.136. The second-order valence-electron chi connectivity index (χ2n) is 6.90. The maximum Gasteiger partial charge on any atom is 0.255 e. The number of aromatic amines is 1. The summed E-state index contributed by atoms with van der Waals surface area (Å²) in [7, 11) is 0. The molecule has 29 heavy (non-hydrogen) atoms. The largest absolute Gasteiger partial charge is 0.389 e. The van der Waals surface area contributed by atoms with Crippen molar-refractivity contribution in [2.45, 2.75) is 20.0 Å². The predicted molar refractivity (Wildman–Crippen MR) is 109 cm³/mol. The summed E-state index contributed by atoms with van der Waals surface area (Å²) in [5.74, 6) is -0.227. The summed E-state index contributed by atoms with van der Waals surface area (Å²) >= 11 is 0. The minimum Gasteiger partial charge on any atom is -0.389 e. The standard InChI is InChI=1S/C22H19FN4O2/c1-12(28)14-4-3-5-19(9-14)27-22(29)16-6-15(7-18(23)8-16)17-10-20-21(24-11-17)26-13(2)25-20/h3-12,28H,1-2H3,(H,27,29)(H,24,25,26). The predicted octanol–water partition coefficient (Wildman–Crippen LogP) is 4.38. The molecule has 2 heterocycles. The van der Waals surface area contributed by atoms with Crippen LogP contribution in [0.3, 0.4) is 0 Å². The highest BCUT2D eigenvalue weighted by Crippen LogP contribution is 2.25. The van der Waals surface area contributed by atoms with Gasteiger partial charge in [-0.15, -0.1) is 0 Å². The van der Waals surface area contributed by atoms with Crippen LogP contribution < -0.4 is 5.32 Å². The highest BCUT2D eigenvalue weighted by molar-refractivity contribution is 6.05. The van der Waals surface area contributed by atoms with Gasteiger partial charge in [0.1, 0.15) is 11.6 Å². The number of nitrogens with one attached hydrogen (secondary N) is 2. The van der Waals surface area contributed by atoms with Crippen molar-refractivity contribution in [1.82, 2.24) is 15.0 Å². The number of fused-ring (bicyclic) bond motifs is 1. The van der Waals surface area contributed by atoms with Crippen molar-refractivity contribution in [3.8, 4) is 11.1 Å². The maximum absolute atomic E-state index is 14.2. The molecule has 0 radical (unpaired) electrons. The van der Waals surface area contributed by atoms with Crippen molar-refractivity contribution < 1.29 is 14.3 Å². The van der Waals surface area contributed by atoms with Crippen LogP contribution in [0.2, 0.25) is 0 Å². The summed E-state index contributed by atoms with van der Waals surface area (Å²) in [6, 6.07) is 12.9. The number of aryl methyl sites for hydroxylation is 1. The zero-order valence-electron chi connectivity index (χ0n) is 15.9. The van der Waals surface area contributed by atoms with Crippen molar-refractivity contribution in [2.24, 2.45) is 0 Å². The second-order valence-corrected chi connectivity index (χ2v) is 6.90. The van der Waals surface area contributed by atoms with Gasteiger partial charge in [0.25, 0.3) is 5.91 Å². The van der Waals surface area contributed by atoms with E-state index in [1.807, 2.05) is 13.0 Å². The van der Waals surface area contributed by atoms with Crippen LogP contribution in [0.25, 0.3) is 22.3 Å². The number of rotatable bonds is 4. The number of anilines is 1. The van der Waals surface area contributed by atoms with Crippen LogP contribution in [-0.4, -0.2) is 26.0 Å². The van der Waals surface area contributed by atoms with E-state index in [0.717, 1.165) is 11.3 Å². The molecule has 0 aliphatic carbocycles. The Morgan fingerprint density at radius 1 is 1.17 bits per heavy atom. The van der Waals surface area contributed by atoms with Gasteiger partial charge in [0.05, 0.1) is 11.6 Å². The molecular weight excluding hydrogens is 371 g/mol. The van der Waals surface area contributed by atoms with Crippen molar-refractivity contribution in [3.63, 3.8) is 0 Å². The smallest absolute Gasteiger partial charge is 0.255 e. The molecule has 7 heteroatoms. The van der Waals surface area contributed by atoms with Crippen LogP contribution in [0.4, 0.5) is 10.1 Å². The van der Waals surface area contributed by atoms with Crippen LogP contribution in [0.15, 0.2) is 54.7 Å². The first-order valence-corrected chi connectivity index (χ1v) is 9.12. The maximum atomic E-state index is 14.2. The highest BCUT2D eigenvalue weighted by Gasteiger charge is 2.13. The molecule has 0 saturated heterocycles. The van der Waals surface area contributed by atoms with Gasteiger partial charge in [-0.3, -0.25) is 4.79 Å². The van der Waals surface area contributed by atoms with E-state index in [-0.39, 0.29) is 5.56 Å². The second kappa shape index (κ2) is 7.44. The molecule has 1 unspecified atom stereocenters. The number of carbonyl (C=O) groups excluding carboxylic acids is 1. The van der Waals surface area contributed by atoms with Gasteiger partial charge in [0.15, 0.2) is 5.65 Å². The molecule has 0 saturated carbocycles. The van der Waals surface area contributed by atoms with Gasteiger partial charge in [-0.25, -0.2) is 14.4 Å². The zero-order chi connectivity index (χ0) is 20.5. The average molecular weight is 390 g/mol. The monoisotopic (exact) mass is 390 g/mol. The van der Waals surface area contributed by atoms with Gasteiger partial charge in [0, 0.05) is 23.0 Å². The number of hydrogen-bond acceptors (Lipinski definition) is 4. The Labute approximate surface area is 166 Å². The number of amides is 1. The van der Waals surface area contributed by atoms with Gasteiger partial charge in [-0.1, -0.05) is 12.1 Å². The Morgan fingerprint density at radius 2 is 2.00 bits per heavy atom. The first-order valence-electron chi connectivity index (χ1n) is 9.12. The molecule has 0 bridgehead atoms. The average Bonchev–Trinajstić information content (AvgIpc) is 3.06. The van der Waals surface area contributed by atoms with Crippen molar-refractivity contribution in [1.29, 1.82) is 0 Å². The van der Waals surface area contributed by atoms with E-state index in [1.165, 1.54) is 12.1 Å². The summed E-state index contributed by atoms with van der Waals surface area (Å²) in [4.78, 5) is 24.3. The van der Waals surface area contributed by atoms with Gasteiger partial charge in [-0.05, 0) is 61.4 Å². The third kappa shape index (κ3) is 4.00. The molecule has 146 valence electrons. The lowest BCUT2D eigenvalue weighted by Crippen LogP contribution is -2.12. The number of hydrogen-bond donors (Lipinski definition) is 3. The summed E-state index contributed by atoms with van der Waals surface area (Å²) < 4.78 is 14.2. The Bertz CT molecular complexity index is 1220. The number of imidazole rings is 1. The topological polar surface area (TPSA) is 90.9 Å². The molecule has 2 aromatic carbocycles. The summed E-state index contributed by atoms with van der Waals surface area (Å²) in [5.41, 5.74) is 3.92. The minimum atomic E-state index is -0.652. The van der Waals surface area contributed by atoms with E-state index in [1.54, 1.807) is 43.5 Å². The quantitative estimate of drug-likeness (QED) is 0.482. The SMILES string of the molecule is Cc1nc2ncc(-c3cc(F)cc(C(=O)Nc4cccc(C(C)O)c4)c3)cc2[nH]1. The molecule has 1 atom stereocenters. The van der Waals surface area contributed by atoms with Gasteiger partial charge in [0.2, 0.25) is 0 Å². The molecule has 0 fully saturated rings. The Balaban J connectivity index is 1.65. The van der Waals surface area contributed by atoms with Crippen LogP contribution in [0.1, 0.15) is 34.8 Å². The number of carbonyl (C=O) groups is 1. The lowest BCUT2D eigenvalue weighted by molar-refractivity contribution is 0.102. The molecule has 2 aromatic heterocycles. The lowest BCUT2D eigenvalue weighted by atomic mass is 10.0. The van der Waals surface area contributed by atoms with Crippen molar-refractivity contribution >= 4 is 22.8 Å². The third-order valence-electron chi connectivity index (χ3n) is 4.58. The molecule has 0 aliphatic rings. The number of aromatic nitrogens is 3. The van der Waals surface area contributed by atoms with E-state index in [9.17, 15) is 14.3 Å². The molecule has 1 amide bonds. The summed E-state index contributed by atoms with van der Waals surface area (Å²) in [5, 5.41) is 12.4. The number of aliphatic hydroxyl groups excluding tert-OH is 1. The highest BCUT2D eigenvalue weighted by atomic mass is 19.1. The molecule has 4 rings (SSSR count). The number of halogens is 1. The van der Waals surface area contributed by atoms with E-state index < -0.39 is 17.8 Å². The number of H-pyrrole nitrogens is 1. The number of benzene rings is 2. The van der Waals surface area contributed by atoms with E-state index in [2.05, 4.69) is 20.3 Å². The molecule has 4 aromatic rings. The van der Waals surface area contributed by atoms with Crippen LogP contribution in [0, 0.1) is 12.7 Å². The van der Waals surface area contributed by atoms with E-state index in [4.69, 9.17) is 0 Å². The lowest BCUT2D eigenvalue weighted by Gasteiger charge is -2.10. The number of pyridine rings is 1. The zero-order valence-corrected chi connectivity index (χ0v) is 15.9. The van der Waals surface area contributed by atoms with Gasteiger partial charge in [-0.2, -0.15) is 0 Å². The molecule has 0 aliphatic heterocycles. The number of aliphatic hydroxyl groups is 1. The van der Waals surface area contributed by atoms with Gasteiger partial charge >= 0.3 is 0 Å². The van der Waals surface area contributed by atoms with Crippen molar-refractivity contribution in [3.05, 3.63) is 77.5 Å². The Hall–Kier alpha value is -3.58. The fourth-order valence-corrected chi connectivity index (χ4v) is 3.15. The first-order chi connectivity index (χ1) is 13.9. The van der Waals surface area contributed by atoms with E-state index >= 15 is 0 Å². The van der Waals surface area contributed by atoms with Crippen molar-refractivity contribution in [2.75, 3.05) is 5.32 Å². The van der Waals surface area contributed by atoms with Crippen LogP contribution >= 0.6 is 0 Å². The third-order valence-corrected chi connectivity index (χ3v) is 4.58. The summed E-state index contributed by atoms with van der Waals surface area (Å²) in [6.07, 6.45) is 0.951. The fourth-order valence-electron chi connectivity index (χ4n) is 3.15. The molecular formula is C22H19FN4O2.